The molecule has 3 rings (SSSR count). The predicted molar refractivity (Wildman–Crippen MR) is 121 cm³/mol. The van der Waals surface area contributed by atoms with Gasteiger partial charge in [-0.25, -0.2) is 0 Å². The summed E-state index contributed by atoms with van der Waals surface area (Å²) >= 11 is 0. The van der Waals surface area contributed by atoms with E-state index in [1.807, 2.05) is 54.6 Å². The SMILES string of the molecule is C=CCC(NC(=O)c1ccccc1)(c1ccccc1)c1ccc(C(C)(C)C)cc1. The smallest absolute Gasteiger partial charge is 0.252 e. The molecule has 0 aliphatic carbocycles. The van der Waals surface area contributed by atoms with Crippen molar-refractivity contribution in [2.24, 2.45) is 0 Å². The molecule has 0 bridgehead atoms. The Balaban J connectivity index is 2.12. The van der Waals surface area contributed by atoms with Crippen LogP contribution in [0.3, 0.4) is 0 Å². The van der Waals surface area contributed by atoms with Gasteiger partial charge in [-0.3, -0.25) is 4.79 Å². The van der Waals surface area contributed by atoms with E-state index in [1.165, 1.54) is 5.56 Å². The fourth-order valence-electron chi connectivity index (χ4n) is 3.65. The summed E-state index contributed by atoms with van der Waals surface area (Å²) in [6.45, 7) is 10.6. The normalized spacial score (nSPS) is 13.3. The van der Waals surface area contributed by atoms with Crippen molar-refractivity contribution < 1.29 is 4.79 Å². The Labute approximate surface area is 174 Å². The molecule has 0 spiro atoms. The second-order valence-corrected chi connectivity index (χ2v) is 8.41. The molecule has 0 fully saturated rings. The predicted octanol–water partition coefficient (Wildman–Crippen LogP) is 6.23. The summed E-state index contributed by atoms with van der Waals surface area (Å²) in [5.74, 6) is -0.101. The summed E-state index contributed by atoms with van der Waals surface area (Å²) in [4.78, 5) is 13.2. The minimum atomic E-state index is -0.688. The van der Waals surface area contributed by atoms with E-state index in [9.17, 15) is 4.79 Å². The van der Waals surface area contributed by atoms with Crippen LogP contribution in [0.2, 0.25) is 0 Å². The summed E-state index contributed by atoms with van der Waals surface area (Å²) in [7, 11) is 0. The molecule has 1 N–H and O–H groups in total. The van der Waals surface area contributed by atoms with Crippen LogP contribution in [0.4, 0.5) is 0 Å². The minimum Gasteiger partial charge on any atom is -0.338 e. The van der Waals surface area contributed by atoms with Crippen LogP contribution in [0.15, 0.2) is 97.6 Å². The maximum absolute atomic E-state index is 13.2. The Bertz CT molecular complexity index is 953. The van der Waals surface area contributed by atoms with E-state index in [0.717, 1.165) is 11.1 Å². The first-order chi connectivity index (χ1) is 13.9. The quantitative estimate of drug-likeness (QED) is 0.502. The number of hydrogen-bond acceptors (Lipinski definition) is 1. The van der Waals surface area contributed by atoms with Gasteiger partial charge in [0.05, 0.1) is 5.54 Å². The lowest BCUT2D eigenvalue weighted by Crippen LogP contribution is -2.46. The molecule has 0 radical (unpaired) electrons. The Kier molecular flexibility index (Phi) is 6.03. The van der Waals surface area contributed by atoms with Gasteiger partial charge >= 0.3 is 0 Å². The van der Waals surface area contributed by atoms with E-state index in [2.05, 4.69) is 69.1 Å². The largest absolute Gasteiger partial charge is 0.338 e. The van der Waals surface area contributed by atoms with Crippen LogP contribution in [-0.4, -0.2) is 5.91 Å². The molecule has 3 aromatic carbocycles. The van der Waals surface area contributed by atoms with E-state index in [0.29, 0.717) is 12.0 Å². The molecule has 0 aliphatic rings. The van der Waals surface area contributed by atoms with Gasteiger partial charge in [-0.1, -0.05) is 99.6 Å². The first-order valence-corrected chi connectivity index (χ1v) is 10.0. The lowest BCUT2D eigenvalue weighted by Gasteiger charge is -2.36. The lowest BCUT2D eigenvalue weighted by atomic mass is 9.78. The van der Waals surface area contributed by atoms with Gasteiger partial charge in [0.25, 0.3) is 5.91 Å². The Hall–Kier alpha value is -3.13. The number of carbonyl (C=O) groups excluding carboxylic acids is 1. The molecule has 0 heterocycles. The van der Waals surface area contributed by atoms with Crippen molar-refractivity contribution in [1.82, 2.24) is 5.32 Å². The van der Waals surface area contributed by atoms with Gasteiger partial charge in [0.2, 0.25) is 0 Å². The lowest BCUT2D eigenvalue weighted by molar-refractivity contribution is 0.0913. The Morgan fingerprint density at radius 2 is 1.28 bits per heavy atom. The maximum Gasteiger partial charge on any atom is 0.252 e. The number of nitrogens with one attached hydrogen (secondary N) is 1. The highest BCUT2D eigenvalue weighted by Gasteiger charge is 2.35. The van der Waals surface area contributed by atoms with Crippen molar-refractivity contribution in [3.8, 4) is 0 Å². The molecule has 0 aromatic heterocycles. The van der Waals surface area contributed by atoms with E-state index in [1.54, 1.807) is 0 Å². The van der Waals surface area contributed by atoms with Gasteiger partial charge in [0, 0.05) is 5.56 Å². The molecule has 1 unspecified atom stereocenters. The third kappa shape index (κ3) is 4.48. The van der Waals surface area contributed by atoms with Crippen LogP contribution in [0.5, 0.6) is 0 Å². The van der Waals surface area contributed by atoms with Crippen molar-refractivity contribution in [1.29, 1.82) is 0 Å². The fourth-order valence-corrected chi connectivity index (χ4v) is 3.65. The molecule has 0 aliphatic heterocycles. The molecule has 2 heteroatoms. The minimum absolute atomic E-state index is 0.0691. The second-order valence-electron chi connectivity index (χ2n) is 8.41. The first kappa shape index (κ1) is 20.6. The van der Waals surface area contributed by atoms with Gasteiger partial charge < -0.3 is 5.32 Å². The Morgan fingerprint density at radius 3 is 1.79 bits per heavy atom. The summed E-state index contributed by atoms with van der Waals surface area (Å²) in [5.41, 5.74) is 3.36. The van der Waals surface area contributed by atoms with E-state index in [4.69, 9.17) is 0 Å². The molecule has 148 valence electrons. The van der Waals surface area contributed by atoms with Crippen LogP contribution in [0.25, 0.3) is 0 Å². The van der Waals surface area contributed by atoms with Crippen LogP contribution >= 0.6 is 0 Å². The van der Waals surface area contributed by atoms with Crippen molar-refractivity contribution in [2.75, 3.05) is 0 Å². The van der Waals surface area contributed by atoms with Crippen LogP contribution < -0.4 is 5.32 Å². The van der Waals surface area contributed by atoms with Gasteiger partial charge in [0.1, 0.15) is 0 Å². The number of benzene rings is 3. The van der Waals surface area contributed by atoms with E-state index >= 15 is 0 Å². The number of hydrogen-bond donors (Lipinski definition) is 1. The highest BCUT2D eigenvalue weighted by molar-refractivity contribution is 5.95. The monoisotopic (exact) mass is 383 g/mol. The average Bonchev–Trinajstić information content (AvgIpc) is 2.74. The topological polar surface area (TPSA) is 29.1 Å². The highest BCUT2D eigenvalue weighted by Crippen LogP contribution is 2.35. The third-order valence-corrected chi connectivity index (χ3v) is 5.32. The van der Waals surface area contributed by atoms with Gasteiger partial charge in [-0.2, -0.15) is 0 Å². The summed E-state index contributed by atoms with van der Waals surface area (Å²) < 4.78 is 0. The van der Waals surface area contributed by atoms with E-state index in [-0.39, 0.29) is 11.3 Å². The van der Waals surface area contributed by atoms with Gasteiger partial charge in [-0.15, -0.1) is 6.58 Å². The molecule has 2 nitrogen and oxygen atoms in total. The zero-order valence-corrected chi connectivity index (χ0v) is 17.5. The van der Waals surface area contributed by atoms with Crippen LogP contribution in [0, 0.1) is 0 Å². The van der Waals surface area contributed by atoms with Crippen molar-refractivity contribution in [3.63, 3.8) is 0 Å². The number of amides is 1. The first-order valence-electron chi connectivity index (χ1n) is 10.0. The van der Waals surface area contributed by atoms with E-state index < -0.39 is 5.54 Å². The summed E-state index contributed by atoms with van der Waals surface area (Å²) in [5, 5.41) is 3.33. The van der Waals surface area contributed by atoms with Gasteiger partial charge in [-0.05, 0) is 40.7 Å². The van der Waals surface area contributed by atoms with Crippen molar-refractivity contribution >= 4 is 5.91 Å². The van der Waals surface area contributed by atoms with Crippen molar-refractivity contribution in [3.05, 3.63) is 120 Å². The molecule has 0 saturated carbocycles. The number of carbonyl (C=O) groups is 1. The fraction of sp³-hybridized carbons (Fsp3) is 0.222. The highest BCUT2D eigenvalue weighted by atomic mass is 16.1. The molecular weight excluding hydrogens is 354 g/mol. The second kappa shape index (κ2) is 8.48. The summed E-state index contributed by atoms with van der Waals surface area (Å²) in [6, 6.07) is 28.0. The maximum atomic E-state index is 13.2. The molecule has 1 amide bonds. The molecule has 3 aromatic rings. The third-order valence-electron chi connectivity index (χ3n) is 5.32. The molecule has 0 saturated heterocycles. The number of rotatable bonds is 6. The Morgan fingerprint density at radius 1 is 0.793 bits per heavy atom. The van der Waals surface area contributed by atoms with Crippen molar-refractivity contribution in [2.45, 2.75) is 38.1 Å². The standard InChI is InChI=1S/C27H29NO/c1-5-20-27(23-14-10-7-11-15-23,28-25(29)21-12-8-6-9-13-21)24-18-16-22(17-19-24)26(2,3)4/h5-19H,1,20H2,2-4H3,(H,28,29). The molecular formula is C27H29NO. The zero-order chi connectivity index (χ0) is 20.9. The zero-order valence-electron chi connectivity index (χ0n) is 17.5. The van der Waals surface area contributed by atoms with Crippen LogP contribution in [-0.2, 0) is 11.0 Å². The van der Waals surface area contributed by atoms with Crippen LogP contribution in [0.1, 0.15) is 54.2 Å². The summed E-state index contributed by atoms with van der Waals surface area (Å²) in [6.07, 6.45) is 2.46. The molecule has 1 atom stereocenters. The molecule has 29 heavy (non-hydrogen) atoms. The van der Waals surface area contributed by atoms with Gasteiger partial charge in [0.15, 0.2) is 0 Å². The average molecular weight is 384 g/mol.